The molecule has 0 saturated carbocycles. The number of methoxy groups -OCH3 is 1. The van der Waals surface area contributed by atoms with Gasteiger partial charge in [-0.3, -0.25) is 4.79 Å². The minimum Gasteiger partial charge on any atom is -0.495 e. The first-order valence-corrected chi connectivity index (χ1v) is 12.1. The first kappa shape index (κ1) is 22.2. The number of nitrogens with one attached hydrogen (secondary N) is 1. The zero-order valence-corrected chi connectivity index (χ0v) is 18.0. The number of ether oxygens (including phenoxy) is 1. The maximum atomic E-state index is 13.7. The average Bonchev–Trinajstić information content (AvgIpc) is 2.89. The minimum atomic E-state index is -4.14. The third-order valence-corrected chi connectivity index (χ3v) is 8.03. The minimum absolute atomic E-state index is 0.0192. The molecule has 30 heavy (non-hydrogen) atoms. The summed E-state index contributed by atoms with van der Waals surface area (Å²) in [5.74, 6) is -2.16. The first-order valence-electron chi connectivity index (χ1n) is 9.05. The van der Waals surface area contributed by atoms with Crippen LogP contribution in [-0.4, -0.2) is 42.2 Å². The van der Waals surface area contributed by atoms with Gasteiger partial charge in [-0.1, -0.05) is 25.1 Å². The van der Waals surface area contributed by atoms with Gasteiger partial charge in [0.25, 0.3) is 0 Å². The lowest BCUT2D eigenvalue weighted by atomic mass is 10.1. The fraction of sp³-hybridized carbons (Fsp3) is 0.316. The molecule has 1 saturated heterocycles. The van der Waals surface area contributed by atoms with E-state index in [9.17, 15) is 26.0 Å². The lowest BCUT2D eigenvalue weighted by molar-refractivity contribution is -0.119. The number of anilines is 1. The molecule has 0 radical (unpaired) electrons. The van der Waals surface area contributed by atoms with Gasteiger partial charge in [0.1, 0.15) is 16.5 Å². The summed E-state index contributed by atoms with van der Waals surface area (Å²) < 4.78 is 72.1. The lowest BCUT2D eigenvalue weighted by Crippen LogP contribution is -2.31. The van der Waals surface area contributed by atoms with Crippen LogP contribution < -0.4 is 13.8 Å². The van der Waals surface area contributed by atoms with E-state index >= 15 is 0 Å². The summed E-state index contributed by atoms with van der Waals surface area (Å²) in [6, 6.07) is 9.69. The highest BCUT2D eigenvalue weighted by Crippen LogP contribution is 2.33. The van der Waals surface area contributed by atoms with Gasteiger partial charge in [0, 0.05) is 6.54 Å². The van der Waals surface area contributed by atoms with Gasteiger partial charge < -0.3 is 4.74 Å². The van der Waals surface area contributed by atoms with Crippen molar-refractivity contribution >= 4 is 31.6 Å². The predicted molar refractivity (Wildman–Crippen MR) is 109 cm³/mol. The van der Waals surface area contributed by atoms with Crippen LogP contribution in [0.3, 0.4) is 0 Å². The van der Waals surface area contributed by atoms with E-state index in [1.165, 1.54) is 38.3 Å². The molecule has 0 unspecified atom stereocenters. The molecule has 3 rings (SSSR count). The zero-order valence-electron chi connectivity index (χ0n) is 16.3. The summed E-state index contributed by atoms with van der Waals surface area (Å²) in [5, 5.41) is 0. The van der Waals surface area contributed by atoms with Crippen LogP contribution in [-0.2, 0) is 31.3 Å². The summed E-state index contributed by atoms with van der Waals surface area (Å²) in [7, 11) is -6.76. The number of benzene rings is 2. The van der Waals surface area contributed by atoms with Gasteiger partial charge in [0.15, 0.2) is 0 Å². The highest BCUT2D eigenvalue weighted by molar-refractivity contribution is 7.94. The largest absolute Gasteiger partial charge is 0.495 e. The SMILES string of the molecule is COc1ccc(N2C(=O)[C@H](C)CS2(=O)=O)cc1S(=O)(=O)NCCc1ccccc1F. The molecule has 2 aromatic carbocycles. The van der Waals surface area contributed by atoms with Crippen molar-refractivity contribution in [3.63, 3.8) is 0 Å². The van der Waals surface area contributed by atoms with E-state index in [1.807, 2.05) is 0 Å². The third-order valence-electron chi connectivity index (χ3n) is 4.68. The molecular formula is C19H21FN2O6S2. The summed E-state index contributed by atoms with van der Waals surface area (Å²) in [6.07, 6.45) is 0.115. The van der Waals surface area contributed by atoms with Gasteiger partial charge in [-0.2, -0.15) is 0 Å². The van der Waals surface area contributed by atoms with Crippen molar-refractivity contribution < 1.29 is 30.8 Å². The van der Waals surface area contributed by atoms with Crippen molar-refractivity contribution in [2.45, 2.75) is 18.2 Å². The predicted octanol–water partition coefficient (Wildman–Crippen LogP) is 1.67. The second kappa shape index (κ2) is 8.32. The molecule has 162 valence electrons. The topological polar surface area (TPSA) is 110 Å². The summed E-state index contributed by atoms with van der Waals surface area (Å²) in [4.78, 5) is 12.0. The molecule has 0 aliphatic carbocycles. The van der Waals surface area contributed by atoms with Gasteiger partial charge in [-0.25, -0.2) is 30.3 Å². The van der Waals surface area contributed by atoms with Crippen molar-refractivity contribution in [3.8, 4) is 5.75 Å². The quantitative estimate of drug-likeness (QED) is 0.679. The number of nitrogens with zero attached hydrogens (tertiary/aromatic N) is 1. The number of sulfonamides is 2. The normalized spacial score (nSPS) is 18.6. The van der Waals surface area contributed by atoms with Gasteiger partial charge in [0.05, 0.1) is 24.5 Å². The molecule has 1 aliphatic rings. The van der Waals surface area contributed by atoms with E-state index in [4.69, 9.17) is 4.74 Å². The van der Waals surface area contributed by atoms with E-state index in [-0.39, 0.29) is 35.1 Å². The number of carbonyl (C=O) groups is 1. The maximum absolute atomic E-state index is 13.7. The van der Waals surface area contributed by atoms with Crippen molar-refractivity contribution in [1.29, 1.82) is 0 Å². The molecule has 1 amide bonds. The summed E-state index contributed by atoms with van der Waals surface area (Å²) in [6.45, 7) is 1.40. The second-order valence-electron chi connectivity index (χ2n) is 6.86. The molecule has 2 aromatic rings. The number of hydrogen-bond acceptors (Lipinski definition) is 6. The number of amides is 1. The average molecular weight is 457 g/mol. The number of carbonyl (C=O) groups excluding carboxylic acids is 1. The Morgan fingerprint density at radius 3 is 2.53 bits per heavy atom. The Labute approximate surface area is 174 Å². The van der Waals surface area contributed by atoms with Crippen LogP contribution in [0.25, 0.3) is 0 Å². The third kappa shape index (κ3) is 4.32. The molecule has 0 spiro atoms. The Balaban J connectivity index is 1.89. The molecule has 1 fully saturated rings. The van der Waals surface area contributed by atoms with Crippen molar-refractivity contribution in [1.82, 2.24) is 4.72 Å². The van der Waals surface area contributed by atoms with Gasteiger partial charge >= 0.3 is 0 Å². The van der Waals surface area contributed by atoms with Crippen LogP contribution in [0.15, 0.2) is 47.4 Å². The van der Waals surface area contributed by atoms with Crippen LogP contribution in [0.1, 0.15) is 12.5 Å². The van der Waals surface area contributed by atoms with Crippen molar-refractivity contribution in [2.75, 3.05) is 23.7 Å². The van der Waals surface area contributed by atoms with E-state index in [0.717, 1.165) is 6.07 Å². The Morgan fingerprint density at radius 1 is 1.23 bits per heavy atom. The van der Waals surface area contributed by atoms with Crippen molar-refractivity contribution in [2.24, 2.45) is 5.92 Å². The van der Waals surface area contributed by atoms with Gasteiger partial charge in [-0.05, 0) is 36.2 Å². The van der Waals surface area contributed by atoms with Gasteiger partial charge in [0.2, 0.25) is 26.0 Å². The highest BCUT2D eigenvalue weighted by atomic mass is 32.2. The molecule has 1 N–H and O–H groups in total. The Kier molecular flexibility index (Phi) is 6.16. The molecule has 1 atom stereocenters. The Hall–Kier alpha value is -2.50. The Bertz CT molecular complexity index is 1180. The molecular weight excluding hydrogens is 435 g/mol. The van der Waals surface area contributed by atoms with Crippen LogP contribution in [0.4, 0.5) is 10.1 Å². The summed E-state index contributed by atoms with van der Waals surface area (Å²) >= 11 is 0. The molecule has 1 heterocycles. The monoisotopic (exact) mass is 456 g/mol. The zero-order chi connectivity index (χ0) is 22.1. The van der Waals surface area contributed by atoms with Crippen molar-refractivity contribution in [3.05, 3.63) is 53.8 Å². The summed E-state index contributed by atoms with van der Waals surface area (Å²) in [5.41, 5.74) is 0.267. The lowest BCUT2D eigenvalue weighted by Gasteiger charge is -2.18. The van der Waals surface area contributed by atoms with E-state index in [0.29, 0.717) is 9.87 Å². The van der Waals surface area contributed by atoms with Crippen LogP contribution in [0, 0.1) is 11.7 Å². The fourth-order valence-electron chi connectivity index (χ4n) is 3.19. The molecule has 8 nitrogen and oxygen atoms in total. The molecule has 11 heteroatoms. The highest BCUT2D eigenvalue weighted by Gasteiger charge is 2.42. The molecule has 1 aliphatic heterocycles. The number of rotatable bonds is 7. The second-order valence-corrected chi connectivity index (χ2v) is 10.5. The van der Waals surface area contributed by atoms with Gasteiger partial charge in [-0.15, -0.1) is 0 Å². The van der Waals surface area contributed by atoms with E-state index < -0.39 is 37.7 Å². The van der Waals surface area contributed by atoms with Crippen LogP contribution >= 0.6 is 0 Å². The fourth-order valence-corrected chi connectivity index (χ4v) is 6.22. The number of halogens is 1. The molecule has 0 aromatic heterocycles. The number of hydrogen-bond donors (Lipinski definition) is 1. The molecule has 0 bridgehead atoms. The van der Waals surface area contributed by atoms with Crippen LogP contribution in [0.2, 0.25) is 0 Å². The first-order chi connectivity index (χ1) is 14.1. The maximum Gasteiger partial charge on any atom is 0.244 e. The Morgan fingerprint density at radius 2 is 1.93 bits per heavy atom. The standard InChI is InChI=1S/C19H21FN2O6S2/c1-13-12-29(24,25)22(19(13)23)15-7-8-17(28-2)18(11-15)30(26,27)21-10-9-14-5-3-4-6-16(14)20/h3-8,11,13,21H,9-10,12H2,1-2H3/t13-/m1/s1. The van der Waals surface area contributed by atoms with E-state index in [1.54, 1.807) is 12.1 Å². The van der Waals surface area contributed by atoms with E-state index in [2.05, 4.69) is 4.72 Å². The van der Waals surface area contributed by atoms with Crippen LogP contribution in [0.5, 0.6) is 5.75 Å². The smallest absolute Gasteiger partial charge is 0.244 e.